The maximum atomic E-state index is 12.5. The van der Waals surface area contributed by atoms with E-state index in [1.807, 2.05) is 30.3 Å². The van der Waals surface area contributed by atoms with Crippen LogP contribution >= 0.6 is 0 Å². The van der Waals surface area contributed by atoms with Crippen molar-refractivity contribution >= 4 is 16.7 Å². The number of benzene rings is 1. The number of fused-ring (bicyclic) bond motifs is 1. The van der Waals surface area contributed by atoms with Gasteiger partial charge in [-0.05, 0) is 37.8 Å². The van der Waals surface area contributed by atoms with E-state index in [2.05, 4.69) is 22.5 Å². The number of carbonyl (C=O) groups is 1. The fraction of sp³-hybridized carbons (Fsp3) is 0.375. The first-order chi connectivity index (χ1) is 9.75. The third-order valence-corrected chi connectivity index (χ3v) is 3.97. The van der Waals surface area contributed by atoms with Crippen molar-refractivity contribution < 1.29 is 4.79 Å². The first-order valence-corrected chi connectivity index (χ1v) is 7.14. The molecule has 3 rings (SSSR count). The predicted molar refractivity (Wildman–Crippen MR) is 79.7 cm³/mol. The Morgan fingerprint density at radius 1 is 1.35 bits per heavy atom. The van der Waals surface area contributed by atoms with Gasteiger partial charge in [0.1, 0.15) is 5.69 Å². The molecule has 0 bridgehead atoms. The highest BCUT2D eigenvalue weighted by Gasteiger charge is 2.23. The van der Waals surface area contributed by atoms with E-state index >= 15 is 0 Å². The smallest absolute Gasteiger partial charge is 0.270 e. The second-order valence-electron chi connectivity index (χ2n) is 5.35. The number of amides is 1. The van der Waals surface area contributed by atoms with Crippen LogP contribution < -0.4 is 10.6 Å². The Morgan fingerprint density at radius 2 is 2.20 bits per heavy atom. The van der Waals surface area contributed by atoms with E-state index in [1.54, 1.807) is 6.20 Å². The molecule has 1 saturated heterocycles. The molecule has 4 heteroatoms. The standard InChI is InChI=1S/C16H19N3O/c1-11-14(7-4-9-17-11)19-16(20)15-13-6-3-2-5-12(13)8-10-18-15/h2-3,5-6,8,10-11,14,17H,4,7,9H2,1H3,(H,19,20). The van der Waals surface area contributed by atoms with Crippen LogP contribution in [0, 0.1) is 0 Å². The summed E-state index contributed by atoms with van der Waals surface area (Å²) in [4.78, 5) is 16.7. The van der Waals surface area contributed by atoms with Crippen LogP contribution in [0.1, 0.15) is 30.3 Å². The average molecular weight is 269 g/mol. The molecule has 0 radical (unpaired) electrons. The first kappa shape index (κ1) is 13.1. The van der Waals surface area contributed by atoms with Gasteiger partial charge in [-0.3, -0.25) is 9.78 Å². The second kappa shape index (κ2) is 5.59. The van der Waals surface area contributed by atoms with Crippen molar-refractivity contribution in [3.63, 3.8) is 0 Å². The fourth-order valence-corrected chi connectivity index (χ4v) is 2.78. The molecular weight excluding hydrogens is 250 g/mol. The number of aromatic nitrogens is 1. The molecule has 1 aromatic heterocycles. The van der Waals surface area contributed by atoms with E-state index < -0.39 is 0 Å². The summed E-state index contributed by atoms with van der Waals surface area (Å²) in [6.45, 7) is 3.14. The van der Waals surface area contributed by atoms with Crippen molar-refractivity contribution in [1.29, 1.82) is 0 Å². The highest BCUT2D eigenvalue weighted by atomic mass is 16.1. The van der Waals surface area contributed by atoms with E-state index in [4.69, 9.17) is 0 Å². The van der Waals surface area contributed by atoms with Gasteiger partial charge in [-0.15, -0.1) is 0 Å². The van der Waals surface area contributed by atoms with Gasteiger partial charge < -0.3 is 10.6 Å². The molecule has 2 N–H and O–H groups in total. The SMILES string of the molecule is CC1NCCCC1NC(=O)c1nccc2ccccc12. The molecule has 2 unspecified atom stereocenters. The van der Waals surface area contributed by atoms with Crippen molar-refractivity contribution in [1.82, 2.24) is 15.6 Å². The lowest BCUT2D eigenvalue weighted by Crippen LogP contribution is -2.52. The van der Waals surface area contributed by atoms with Crippen LogP contribution in [0.25, 0.3) is 10.8 Å². The summed E-state index contributed by atoms with van der Waals surface area (Å²) in [5.41, 5.74) is 0.515. The molecule has 1 fully saturated rings. The summed E-state index contributed by atoms with van der Waals surface area (Å²) < 4.78 is 0. The minimum Gasteiger partial charge on any atom is -0.346 e. The number of piperidine rings is 1. The highest BCUT2D eigenvalue weighted by molar-refractivity contribution is 6.05. The molecule has 20 heavy (non-hydrogen) atoms. The zero-order valence-corrected chi connectivity index (χ0v) is 11.6. The van der Waals surface area contributed by atoms with Crippen LogP contribution in [0.4, 0.5) is 0 Å². The third kappa shape index (κ3) is 2.51. The largest absolute Gasteiger partial charge is 0.346 e. The summed E-state index contributed by atoms with van der Waals surface area (Å²) in [5, 5.41) is 8.45. The third-order valence-electron chi connectivity index (χ3n) is 3.97. The number of rotatable bonds is 2. The summed E-state index contributed by atoms with van der Waals surface area (Å²) in [6, 6.07) is 10.3. The van der Waals surface area contributed by atoms with Gasteiger partial charge in [-0.1, -0.05) is 24.3 Å². The Kier molecular flexibility index (Phi) is 3.65. The summed E-state index contributed by atoms with van der Waals surface area (Å²) in [6.07, 6.45) is 3.81. The minimum absolute atomic E-state index is 0.0812. The van der Waals surface area contributed by atoms with Crippen LogP contribution in [0.15, 0.2) is 36.5 Å². The Labute approximate surface area is 118 Å². The topological polar surface area (TPSA) is 54.0 Å². The van der Waals surface area contributed by atoms with E-state index in [0.717, 1.165) is 30.2 Å². The van der Waals surface area contributed by atoms with E-state index in [-0.39, 0.29) is 11.9 Å². The lowest BCUT2D eigenvalue weighted by molar-refractivity contribution is 0.0916. The quantitative estimate of drug-likeness (QED) is 0.878. The van der Waals surface area contributed by atoms with Gasteiger partial charge in [0, 0.05) is 23.7 Å². The number of carbonyl (C=O) groups excluding carboxylic acids is 1. The fourth-order valence-electron chi connectivity index (χ4n) is 2.78. The summed E-state index contributed by atoms with van der Waals surface area (Å²) in [7, 11) is 0. The number of hydrogen-bond acceptors (Lipinski definition) is 3. The van der Waals surface area contributed by atoms with Crippen LogP contribution in [0.3, 0.4) is 0 Å². The van der Waals surface area contributed by atoms with Crippen molar-refractivity contribution in [2.24, 2.45) is 0 Å². The van der Waals surface area contributed by atoms with Crippen LogP contribution in [0.2, 0.25) is 0 Å². The zero-order valence-electron chi connectivity index (χ0n) is 11.6. The monoisotopic (exact) mass is 269 g/mol. The molecule has 1 aliphatic heterocycles. The van der Waals surface area contributed by atoms with Gasteiger partial charge in [-0.2, -0.15) is 0 Å². The van der Waals surface area contributed by atoms with Gasteiger partial charge in [-0.25, -0.2) is 0 Å². The van der Waals surface area contributed by atoms with Crippen molar-refractivity contribution in [3.05, 3.63) is 42.2 Å². The lowest BCUT2D eigenvalue weighted by atomic mass is 9.99. The number of nitrogens with zero attached hydrogens (tertiary/aromatic N) is 1. The minimum atomic E-state index is -0.0812. The molecule has 2 heterocycles. The predicted octanol–water partition coefficient (Wildman–Crippen LogP) is 2.11. The lowest BCUT2D eigenvalue weighted by Gasteiger charge is -2.30. The van der Waals surface area contributed by atoms with Crippen molar-refractivity contribution in [3.8, 4) is 0 Å². The number of hydrogen-bond donors (Lipinski definition) is 2. The second-order valence-corrected chi connectivity index (χ2v) is 5.35. The van der Waals surface area contributed by atoms with Crippen molar-refractivity contribution in [2.75, 3.05) is 6.54 Å². The Balaban J connectivity index is 1.85. The molecule has 104 valence electrons. The maximum absolute atomic E-state index is 12.5. The van der Waals surface area contributed by atoms with E-state index in [1.165, 1.54) is 0 Å². The number of pyridine rings is 1. The van der Waals surface area contributed by atoms with Gasteiger partial charge in [0.05, 0.1) is 0 Å². The molecule has 0 aliphatic carbocycles. The molecule has 4 nitrogen and oxygen atoms in total. The molecule has 1 amide bonds. The average Bonchev–Trinajstić information content (AvgIpc) is 2.49. The van der Waals surface area contributed by atoms with Gasteiger partial charge in [0.25, 0.3) is 5.91 Å². The van der Waals surface area contributed by atoms with Gasteiger partial charge in [0.2, 0.25) is 0 Å². The Morgan fingerprint density at radius 3 is 3.05 bits per heavy atom. The molecular formula is C16H19N3O. The normalized spacial score (nSPS) is 22.6. The summed E-state index contributed by atoms with van der Waals surface area (Å²) >= 11 is 0. The van der Waals surface area contributed by atoms with E-state index in [0.29, 0.717) is 11.7 Å². The molecule has 0 saturated carbocycles. The van der Waals surface area contributed by atoms with Crippen LogP contribution in [0.5, 0.6) is 0 Å². The molecule has 2 aromatic rings. The van der Waals surface area contributed by atoms with Crippen LogP contribution in [-0.4, -0.2) is 29.5 Å². The highest BCUT2D eigenvalue weighted by Crippen LogP contribution is 2.17. The van der Waals surface area contributed by atoms with E-state index in [9.17, 15) is 4.79 Å². The molecule has 2 atom stereocenters. The Hall–Kier alpha value is -1.94. The van der Waals surface area contributed by atoms with Crippen LogP contribution in [-0.2, 0) is 0 Å². The first-order valence-electron chi connectivity index (χ1n) is 7.14. The van der Waals surface area contributed by atoms with Crippen molar-refractivity contribution in [2.45, 2.75) is 31.8 Å². The van der Waals surface area contributed by atoms with Gasteiger partial charge >= 0.3 is 0 Å². The molecule has 0 spiro atoms. The maximum Gasteiger partial charge on any atom is 0.270 e. The summed E-state index contributed by atoms with van der Waals surface area (Å²) in [5.74, 6) is -0.0812. The Bertz CT molecular complexity index is 621. The zero-order chi connectivity index (χ0) is 13.9. The van der Waals surface area contributed by atoms with Gasteiger partial charge in [0.15, 0.2) is 0 Å². The molecule has 1 aliphatic rings. The number of nitrogens with one attached hydrogen (secondary N) is 2. The molecule has 1 aromatic carbocycles.